The summed E-state index contributed by atoms with van der Waals surface area (Å²) in [5.74, 6) is -2.86. The number of fused-ring (bicyclic) bond motifs is 1. The number of hydrogen-bond donors (Lipinski definition) is 3. The average Bonchev–Trinajstić information content (AvgIpc) is 3.62. The van der Waals surface area contributed by atoms with Gasteiger partial charge in [-0.3, -0.25) is 29.2 Å². The number of ether oxygens (including phenoxy) is 1. The van der Waals surface area contributed by atoms with Crippen molar-refractivity contribution in [3.8, 4) is 11.4 Å². The van der Waals surface area contributed by atoms with Crippen molar-refractivity contribution in [1.82, 2.24) is 40.2 Å². The number of ketones is 1. The van der Waals surface area contributed by atoms with E-state index < -0.39 is 17.5 Å². The molecule has 0 spiro atoms. The first kappa shape index (κ1) is 26.4. The van der Waals surface area contributed by atoms with E-state index in [4.69, 9.17) is 4.74 Å². The Morgan fingerprint density at radius 1 is 1.08 bits per heavy atom. The molecule has 2 aliphatic heterocycles. The Kier molecular flexibility index (Phi) is 7.65. The molecule has 13 nitrogen and oxygen atoms in total. The third-order valence-electron chi connectivity index (χ3n) is 7.00. The molecule has 3 aromatic rings. The normalized spacial score (nSPS) is 16.5. The van der Waals surface area contributed by atoms with E-state index in [-0.39, 0.29) is 58.5 Å². The van der Waals surface area contributed by atoms with E-state index in [2.05, 4.69) is 30.4 Å². The monoisotopic (exact) mass is 540 g/mol. The first-order chi connectivity index (χ1) is 18.8. The molecule has 0 aliphatic carbocycles. The summed E-state index contributed by atoms with van der Waals surface area (Å²) in [6.07, 6.45) is 2.23. The van der Waals surface area contributed by atoms with Gasteiger partial charge in [-0.05, 0) is 6.07 Å². The van der Waals surface area contributed by atoms with Gasteiger partial charge in [0, 0.05) is 65.5 Å². The van der Waals surface area contributed by atoms with Gasteiger partial charge in [0.05, 0.1) is 35.9 Å². The van der Waals surface area contributed by atoms with Crippen molar-refractivity contribution in [1.29, 1.82) is 0 Å². The maximum atomic E-state index is 14.9. The molecule has 14 heteroatoms. The van der Waals surface area contributed by atoms with Gasteiger partial charge in [0.15, 0.2) is 5.82 Å². The quantitative estimate of drug-likeness (QED) is 0.280. The van der Waals surface area contributed by atoms with Crippen LogP contribution in [0.3, 0.4) is 0 Å². The molecule has 0 radical (unpaired) electrons. The molecule has 3 aromatic heterocycles. The lowest BCUT2D eigenvalue weighted by molar-refractivity contribution is -0.135. The lowest BCUT2D eigenvalue weighted by atomic mass is 10.1. The Balaban J connectivity index is 1.30. The lowest BCUT2D eigenvalue weighted by Gasteiger charge is -2.33. The summed E-state index contributed by atoms with van der Waals surface area (Å²) in [5.41, 5.74) is 0.747. The van der Waals surface area contributed by atoms with E-state index in [9.17, 15) is 23.6 Å². The third kappa shape index (κ3) is 5.52. The van der Waals surface area contributed by atoms with Crippen molar-refractivity contribution in [2.45, 2.75) is 6.92 Å². The zero-order valence-corrected chi connectivity index (χ0v) is 21.5. The molecule has 0 aromatic carbocycles. The largest absolute Gasteiger partial charge is 0.379 e. The van der Waals surface area contributed by atoms with Gasteiger partial charge in [-0.25, -0.2) is 9.37 Å². The summed E-state index contributed by atoms with van der Waals surface area (Å²) >= 11 is 0. The fraction of sp³-hybridized carbons (Fsp3) is 0.440. The van der Waals surface area contributed by atoms with Gasteiger partial charge < -0.3 is 24.8 Å². The second-order valence-electron chi connectivity index (χ2n) is 9.41. The number of rotatable bonds is 7. The SMILES string of the molecule is CC(=O)N1CCN(C(=O)C(=O)c2c[nH]c3c(-c4cc(C(=O)NCCN5CCOCC5)[nH]n4)ncc(F)c23)CC1. The van der Waals surface area contributed by atoms with Crippen LogP contribution in [0.4, 0.5) is 4.39 Å². The second kappa shape index (κ2) is 11.3. The zero-order chi connectivity index (χ0) is 27.5. The molecule has 39 heavy (non-hydrogen) atoms. The third-order valence-corrected chi connectivity index (χ3v) is 7.00. The summed E-state index contributed by atoms with van der Waals surface area (Å²) < 4.78 is 20.2. The molecular weight excluding hydrogens is 511 g/mol. The number of aromatic amines is 2. The van der Waals surface area contributed by atoms with Gasteiger partial charge in [-0.1, -0.05) is 0 Å². The van der Waals surface area contributed by atoms with Crippen LogP contribution in [0.25, 0.3) is 22.3 Å². The number of H-pyrrole nitrogens is 2. The molecule has 3 N–H and O–H groups in total. The molecule has 2 fully saturated rings. The topological polar surface area (TPSA) is 157 Å². The van der Waals surface area contributed by atoms with Gasteiger partial charge in [-0.2, -0.15) is 5.10 Å². The number of nitrogens with zero attached hydrogens (tertiary/aromatic N) is 5. The van der Waals surface area contributed by atoms with Crippen molar-refractivity contribution < 1.29 is 28.3 Å². The van der Waals surface area contributed by atoms with Gasteiger partial charge in [0.2, 0.25) is 5.91 Å². The maximum absolute atomic E-state index is 14.9. The number of aromatic nitrogens is 4. The van der Waals surface area contributed by atoms with E-state index in [1.54, 1.807) is 4.90 Å². The molecule has 0 saturated carbocycles. The van der Waals surface area contributed by atoms with Crippen LogP contribution in [-0.2, 0) is 14.3 Å². The summed E-state index contributed by atoms with van der Waals surface area (Å²) in [6.45, 7) is 6.67. The van der Waals surface area contributed by atoms with E-state index >= 15 is 0 Å². The predicted octanol–water partition coefficient (Wildman–Crippen LogP) is 0.0275. The average molecular weight is 541 g/mol. The summed E-state index contributed by atoms with van der Waals surface area (Å²) in [4.78, 5) is 62.2. The molecule has 0 atom stereocenters. The van der Waals surface area contributed by atoms with Gasteiger partial charge >= 0.3 is 0 Å². The highest BCUT2D eigenvalue weighted by molar-refractivity contribution is 6.45. The van der Waals surface area contributed by atoms with Crippen LogP contribution >= 0.6 is 0 Å². The van der Waals surface area contributed by atoms with E-state index in [1.807, 2.05) is 0 Å². The highest BCUT2D eigenvalue weighted by Gasteiger charge is 2.30. The van der Waals surface area contributed by atoms with Crippen LogP contribution in [0.2, 0.25) is 0 Å². The number of Topliss-reactive ketones (excluding diaryl/α,β-unsaturated/α-hetero) is 1. The predicted molar refractivity (Wildman–Crippen MR) is 136 cm³/mol. The Hall–Kier alpha value is -4.17. The standard InChI is InChI=1S/C25H29FN8O5/c1-15(35)33-4-6-34(7-5-33)25(38)23(36)16-13-28-22-20(16)17(26)14-29-21(22)18-12-19(31-30-18)24(37)27-2-3-32-8-10-39-11-9-32/h12-14,28H,2-11H2,1H3,(H,27,37)(H,30,31). The van der Waals surface area contributed by atoms with Gasteiger partial charge in [0.1, 0.15) is 17.1 Å². The van der Waals surface area contributed by atoms with Crippen LogP contribution in [0.15, 0.2) is 18.5 Å². The molecule has 0 unspecified atom stereocenters. The first-order valence-corrected chi connectivity index (χ1v) is 12.7. The lowest BCUT2D eigenvalue weighted by Crippen LogP contribution is -2.51. The van der Waals surface area contributed by atoms with Crippen LogP contribution in [0, 0.1) is 5.82 Å². The second-order valence-corrected chi connectivity index (χ2v) is 9.41. The number of pyridine rings is 1. The van der Waals surface area contributed by atoms with Crippen LogP contribution in [0.1, 0.15) is 27.8 Å². The molecule has 2 saturated heterocycles. The van der Waals surface area contributed by atoms with Crippen molar-refractivity contribution in [2.24, 2.45) is 0 Å². The number of carbonyl (C=O) groups excluding carboxylic acids is 4. The van der Waals surface area contributed by atoms with Crippen molar-refractivity contribution in [2.75, 3.05) is 65.6 Å². The van der Waals surface area contributed by atoms with E-state index in [0.29, 0.717) is 39.4 Å². The van der Waals surface area contributed by atoms with Gasteiger partial charge in [-0.15, -0.1) is 0 Å². The molecule has 5 heterocycles. The summed E-state index contributed by atoms with van der Waals surface area (Å²) in [6, 6.07) is 1.49. The fourth-order valence-corrected chi connectivity index (χ4v) is 4.77. The Morgan fingerprint density at radius 3 is 2.51 bits per heavy atom. The minimum Gasteiger partial charge on any atom is -0.379 e. The van der Waals surface area contributed by atoms with Crippen LogP contribution in [0.5, 0.6) is 0 Å². The molecule has 3 amide bonds. The number of hydrogen-bond acceptors (Lipinski definition) is 8. The Labute approximate surface area is 222 Å². The van der Waals surface area contributed by atoms with Crippen molar-refractivity contribution in [3.63, 3.8) is 0 Å². The van der Waals surface area contributed by atoms with Crippen LogP contribution in [-0.4, -0.2) is 124 Å². The maximum Gasteiger partial charge on any atom is 0.295 e. The first-order valence-electron chi connectivity index (χ1n) is 12.7. The highest BCUT2D eigenvalue weighted by atomic mass is 19.1. The minimum absolute atomic E-state index is 0.0831. The van der Waals surface area contributed by atoms with Gasteiger partial charge in [0.25, 0.3) is 17.6 Å². The van der Waals surface area contributed by atoms with Crippen LogP contribution < -0.4 is 5.32 Å². The number of piperazine rings is 1. The number of carbonyl (C=O) groups is 4. The Morgan fingerprint density at radius 2 is 1.79 bits per heavy atom. The molecule has 206 valence electrons. The number of morpholine rings is 1. The highest BCUT2D eigenvalue weighted by Crippen LogP contribution is 2.30. The smallest absolute Gasteiger partial charge is 0.295 e. The fourth-order valence-electron chi connectivity index (χ4n) is 4.77. The molecule has 0 bridgehead atoms. The van der Waals surface area contributed by atoms with Crippen molar-refractivity contribution in [3.05, 3.63) is 35.5 Å². The van der Waals surface area contributed by atoms with Crippen molar-refractivity contribution >= 4 is 34.4 Å². The summed E-state index contributed by atoms with van der Waals surface area (Å²) in [5, 5.41) is 9.59. The minimum atomic E-state index is -0.865. The Bertz CT molecular complexity index is 1400. The summed E-state index contributed by atoms with van der Waals surface area (Å²) in [7, 11) is 0. The molecule has 5 rings (SSSR count). The number of nitrogens with one attached hydrogen (secondary N) is 3. The number of halogens is 1. The molecule has 2 aliphatic rings. The van der Waals surface area contributed by atoms with E-state index in [0.717, 1.165) is 19.3 Å². The number of amides is 3. The zero-order valence-electron chi connectivity index (χ0n) is 21.5. The molecular formula is C25H29FN8O5. The van der Waals surface area contributed by atoms with E-state index in [1.165, 1.54) is 24.1 Å².